The van der Waals surface area contributed by atoms with E-state index in [-0.39, 0.29) is 0 Å². The van der Waals surface area contributed by atoms with Crippen LogP contribution in [-0.2, 0) is 0 Å². The van der Waals surface area contributed by atoms with Crippen molar-refractivity contribution in [2.45, 2.75) is 20.0 Å². The maximum absolute atomic E-state index is 11.8. The van der Waals surface area contributed by atoms with Crippen LogP contribution in [0.2, 0.25) is 0 Å². The second-order valence-electron chi connectivity index (χ2n) is 2.37. The number of aliphatic imine (C=N–C) groups is 1. The van der Waals surface area contributed by atoms with Gasteiger partial charge in [-0.1, -0.05) is 12.2 Å². The summed E-state index contributed by atoms with van der Waals surface area (Å²) < 4.78 is 35.4. The SMILES string of the molecule is C=C(C)/C=C\N=C(C)C(F)(F)F. The molecule has 1 nitrogen and oxygen atoms in total. The summed E-state index contributed by atoms with van der Waals surface area (Å²) in [5, 5.41) is 0. The molecule has 0 aliphatic carbocycles. The van der Waals surface area contributed by atoms with Gasteiger partial charge < -0.3 is 0 Å². The summed E-state index contributed by atoms with van der Waals surface area (Å²) in [5.74, 6) is 0. The molecule has 0 N–H and O–H groups in total. The largest absolute Gasteiger partial charge is 0.429 e. The first-order valence-electron chi connectivity index (χ1n) is 3.27. The fourth-order valence-electron chi connectivity index (χ4n) is 0.350. The smallest absolute Gasteiger partial charge is 0.257 e. The Balaban J connectivity index is 4.29. The normalized spacial score (nSPS) is 13.9. The molecular formula is C8H10F3N. The average molecular weight is 177 g/mol. The number of allylic oxidation sites excluding steroid dienone is 2. The summed E-state index contributed by atoms with van der Waals surface area (Å²) in [6.45, 7) is 6.07. The second kappa shape index (κ2) is 4.09. The summed E-state index contributed by atoms with van der Waals surface area (Å²) in [6, 6.07) is 0. The minimum atomic E-state index is -4.33. The Morgan fingerprint density at radius 3 is 2.17 bits per heavy atom. The first-order valence-corrected chi connectivity index (χ1v) is 3.27. The molecule has 0 aliphatic rings. The van der Waals surface area contributed by atoms with E-state index < -0.39 is 11.9 Å². The molecule has 0 amide bonds. The van der Waals surface area contributed by atoms with Gasteiger partial charge in [0.15, 0.2) is 0 Å². The van der Waals surface area contributed by atoms with Crippen molar-refractivity contribution in [3.05, 3.63) is 24.4 Å². The van der Waals surface area contributed by atoms with Crippen molar-refractivity contribution in [2.24, 2.45) is 4.99 Å². The Bertz CT molecular complexity index is 223. The Hall–Kier alpha value is -1.06. The average Bonchev–Trinajstić information content (AvgIpc) is 1.84. The minimum absolute atomic E-state index is 0.661. The van der Waals surface area contributed by atoms with E-state index in [4.69, 9.17) is 0 Å². The summed E-state index contributed by atoms with van der Waals surface area (Å²) in [4.78, 5) is 3.19. The first kappa shape index (κ1) is 10.9. The standard InChI is InChI=1S/C8H10F3N/c1-6(2)4-5-12-7(3)8(9,10)11/h4-5H,1H2,2-3H3/b5-4-,12-7?. The number of hydrogen-bond acceptors (Lipinski definition) is 1. The van der Waals surface area contributed by atoms with E-state index in [9.17, 15) is 13.2 Å². The van der Waals surface area contributed by atoms with Gasteiger partial charge in [0, 0.05) is 6.20 Å². The fraction of sp³-hybridized carbons (Fsp3) is 0.375. The van der Waals surface area contributed by atoms with E-state index in [0.29, 0.717) is 5.57 Å². The summed E-state index contributed by atoms with van der Waals surface area (Å²) in [5.41, 5.74) is -0.200. The van der Waals surface area contributed by atoms with Gasteiger partial charge in [-0.3, -0.25) is 4.99 Å². The first-order chi connectivity index (χ1) is 5.34. The van der Waals surface area contributed by atoms with Crippen LogP contribution >= 0.6 is 0 Å². The fourth-order valence-corrected chi connectivity index (χ4v) is 0.350. The lowest BCUT2D eigenvalue weighted by atomic mass is 10.3. The second-order valence-corrected chi connectivity index (χ2v) is 2.37. The molecule has 68 valence electrons. The zero-order valence-electron chi connectivity index (χ0n) is 6.94. The Morgan fingerprint density at radius 2 is 1.83 bits per heavy atom. The van der Waals surface area contributed by atoms with Crippen molar-refractivity contribution in [3.63, 3.8) is 0 Å². The van der Waals surface area contributed by atoms with Crippen LogP contribution in [0.4, 0.5) is 13.2 Å². The molecule has 0 saturated heterocycles. The van der Waals surface area contributed by atoms with Gasteiger partial charge in [-0.05, 0) is 19.9 Å². The molecule has 0 rings (SSSR count). The van der Waals surface area contributed by atoms with Crippen LogP contribution in [0.25, 0.3) is 0 Å². The van der Waals surface area contributed by atoms with Gasteiger partial charge in [-0.15, -0.1) is 0 Å². The third-order valence-corrected chi connectivity index (χ3v) is 1.04. The van der Waals surface area contributed by atoms with Gasteiger partial charge in [-0.25, -0.2) is 0 Å². The molecule has 4 heteroatoms. The van der Waals surface area contributed by atoms with Crippen molar-refractivity contribution in [1.29, 1.82) is 0 Å². The molecule has 0 aliphatic heterocycles. The zero-order valence-corrected chi connectivity index (χ0v) is 6.94. The van der Waals surface area contributed by atoms with Gasteiger partial charge in [0.2, 0.25) is 0 Å². The van der Waals surface area contributed by atoms with E-state index >= 15 is 0 Å². The molecule has 0 unspecified atom stereocenters. The zero-order chi connectivity index (χ0) is 9.78. The Morgan fingerprint density at radius 1 is 1.33 bits per heavy atom. The van der Waals surface area contributed by atoms with Crippen molar-refractivity contribution >= 4 is 5.71 Å². The molecule has 0 atom stereocenters. The van der Waals surface area contributed by atoms with Crippen LogP contribution in [0.3, 0.4) is 0 Å². The molecule has 0 saturated carbocycles. The molecule has 0 aromatic rings. The summed E-state index contributed by atoms with van der Waals surface area (Å²) in [6.07, 6.45) is -1.83. The third kappa shape index (κ3) is 4.71. The highest BCUT2D eigenvalue weighted by Gasteiger charge is 2.31. The predicted molar refractivity (Wildman–Crippen MR) is 43.1 cm³/mol. The molecular weight excluding hydrogens is 167 g/mol. The van der Waals surface area contributed by atoms with Crippen molar-refractivity contribution in [1.82, 2.24) is 0 Å². The van der Waals surface area contributed by atoms with E-state index in [1.54, 1.807) is 6.92 Å². The van der Waals surface area contributed by atoms with Crippen LogP contribution in [0.1, 0.15) is 13.8 Å². The van der Waals surface area contributed by atoms with E-state index in [1.165, 1.54) is 6.08 Å². The maximum Gasteiger partial charge on any atom is 0.429 e. The molecule has 0 spiro atoms. The maximum atomic E-state index is 11.8. The van der Waals surface area contributed by atoms with E-state index in [1.807, 2.05) is 0 Å². The van der Waals surface area contributed by atoms with Crippen molar-refractivity contribution < 1.29 is 13.2 Å². The number of halogens is 3. The lowest BCUT2D eigenvalue weighted by Crippen LogP contribution is -2.18. The van der Waals surface area contributed by atoms with Gasteiger partial charge >= 0.3 is 6.18 Å². The van der Waals surface area contributed by atoms with Crippen LogP contribution in [0.5, 0.6) is 0 Å². The highest BCUT2D eigenvalue weighted by molar-refractivity contribution is 5.87. The van der Waals surface area contributed by atoms with Gasteiger partial charge in [0.25, 0.3) is 0 Å². The molecule has 0 fully saturated rings. The molecule has 0 aromatic carbocycles. The van der Waals surface area contributed by atoms with Crippen molar-refractivity contribution in [2.75, 3.05) is 0 Å². The van der Waals surface area contributed by atoms with Crippen molar-refractivity contribution in [3.8, 4) is 0 Å². The quantitative estimate of drug-likeness (QED) is 0.454. The molecule has 12 heavy (non-hydrogen) atoms. The number of nitrogens with zero attached hydrogens (tertiary/aromatic N) is 1. The Labute approximate surface area is 69.3 Å². The van der Waals surface area contributed by atoms with E-state index in [2.05, 4.69) is 11.6 Å². The topological polar surface area (TPSA) is 12.4 Å². The van der Waals surface area contributed by atoms with Crippen LogP contribution < -0.4 is 0 Å². The minimum Gasteiger partial charge on any atom is -0.257 e. The predicted octanol–water partition coefficient (Wildman–Crippen LogP) is 3.10. The van der Waals surface area contributed by atoms with Gasteiger partial charge in [0.05, 0.1) is 0 Å². The van der Waals surface area contributed by atoms with Gasteiger partial charge in [-0.2, -0.15) is 13.2 Å². The number of rotatable bonds is 2. The lowest BCUT2D eigenvalue weighted by molar-refractivity contribution is -0.0591. The van der Waals surface area contributed by atoms with Crippen LogP contribution in [0, 0.1) is 0 Å². The highest BCUT2D eigenvalue weighted by Crippen LogP contribution is 2.16. The highest BCUT2D eigenvalue weighted by atomic mass is 19.4. The van der Waals surface area contributed by atoms with Gasteiger partial charge in [0.1, 0.15) is 5.71 Å². The number of hydrogen-bond donors (Lipinski definition) is 0. The van der Waals surface area contributed by atoms with E-state index in [0.717, 1.165) is 13.1 Å². The number of alkyl halides is 3. The summed E-state index contributed by atoms with van der Waals surface area (Å²) in [7, 11) is 0. The molecule has 0 heterocycles. The third-order valence-electron chi connectivity index (χ3n) is 1.04. The van der Waals surface area contributed by atoms with Crippen LogP contribution in [-0.4, -0.2) is 11.9 Å². The van der Waals surface area contributed by atoms with Crippen LogP contribution in [0.15, 0.2) is 29.4 Å². The lowest BCUT2D eigenvalue weighted by Gasteiger charge is -2.02. The monoisotopic (exact) mass is 177 g/mol. The Kier molecular flexibility index (Phi) is 3.73. The molecule has 0 aromatic heterocycles. The molecule has 0 radical (unpaired) electrons. The summed E-state index contributed by atoms with van der Waals surface area (Å²) >= 11 is 0. The molecule has 0 bridgehead atoms.